The van der Waals surface area contributed by atoms with E-state index in [1.807, 2.05) is 50.6 Å². The SMILES string of the molecule is CC.COc1cc(C)cn2cc(C)nc12. The Kier molecular flexibility index (Phi) is 3.72. The van der Waals surface area contributed by atoms with Gasteiger partial charge in [0, 0.05) is 12.4 Å². The number of ether oxygens (including phenoxy) is 1. The van der Waals surface area contributed by atoms with Crippen LogP contribution in [0.15, 0.2) is 18.5 Å². The highest BCUT2D eigenvalue weighted by Crippen LogP contribution is 2.20. The Morgan fingerprint density at radius 1 is 1.20 bits per heavy atom. The predicted molar refractivity (Wildman–Crippen MR) is 62.6 cm³/mol. The first-order chi connectivity index (χ1) is 7.20. The largest absolute Gasteiger partial charge is 0.493 e. The molecule has 15 heavy (non-hydrogen) atoms. The first-order valence-corrected chi connectivity index (χ1v) is 5.20. The van der Waals surface area contributed by atoms with Crippen molar-refractivity contribution in [3.63, 3.8) is 0 Å². The molecule has 3 nitrogen and oxygen atoms in total. The smallest absolute Gasteiger partial charge is 0.179 e. The van der Waals surface area contributed by atoms with Gasteiger partial charge in [-0.15, -0.1) is 0 Å². The molecule has 0 fully saturated rings. The number of methoxy groups -OCH3 is 1. The van der Waals surface area contributed by atoms with Crippen molar-refractivity contribution >= 4 is 5.65 Å². The van der Waals surface area contributed by atoms with Crippen LogP contribution in [-0.2, 0) is 0 Å². The fraction of sp³-hybridized carbons (Fsp3) is 0.417. The zero-order valence-electron chi connectivity index (χ0n) is 10.0. The fourth-order valence-electron chi connectivity index (χ4n) is 1.48. The van der Waals surface area contributed by atoms with Crippen molar-refractivity contribution in [2.45, 2.75) is 27.7 Å². The number of hydrogen-bond acceptors (Lipinski definition) is 2. The van der Waals surface area contributed by atoms with Crippen molar-refractivity contribution in [2.24, 2.45) is 0 Å². The minimum Gasteiger partial charge on any atom is -0.493 e. The monoisotopic (exact) mass is 206 g/mol. The van der Waals surface area contributed by atoms with Crippen molar-refractivity contribution < 1.29 is 4.74 Å². The van der Waals surface area contributed by atoms with Crippen LogP contribution in [0.5, 0.6) is 5.75 Å². The molecule has 2 aromatic heterocycles. The number of nitrogens with zero attached hydrogens (tertiary/aromatic N) is 2. The van der Waals surface area contributed by atoms with Gasteiger partial charge in [0.1, 0.15) is 0 Å². The number of fused-ring (bicyclic) bond motifs is 1. The lowest BCUT2D eigenvalue weighted by Crippen LogP contribution is -1.91. The minimum atomic E-state index is 0.827. The molecule has 0 N–H and O–H groups in total. The summed E-state index contributed by atoms with van der Waals surface area (Å²) in [6.45, 7) is 8.01. The number of imidazole rings is 1. The lowest BCUT2D eigenvalue weighted by molar-refractivity contribution is 0.416. The van der Waals surface area contributed by atoms with E-state index in [1.54, 1.807) is 7.11 Å². The molecule has 0 amide bonds. The molecule has 0 spiro atoms. The molecule has 0 aliphatic rings. The van der Waals surface area contributed by atoms with Crippen LogP contribution in [0.2, 0.25) is 0 Å². The van der Waals surface area contributed by atoms with Crippen LogP contribution in [0.3, 0.4) is 0 Å². The van der Waals surface area contributed by atoms with Gasteiger partial charge in [-0.25, -0.2) is 4.98 Å². The zero-order valence-corrected chi connectivity index (χ0v) is 10.0. The van der Waals surface area contributed by atoms with Gasteiger partial charge in [-0.05, 0) is 25.5 Å². The van der Waals surface area contributed by atoms with E-state index in [-0.39, 0.29) is 0 Å². The molecular weight excluding hydrogens is 188 g/mol. The van der Waals surface area contributed by atoms with Gasteiger partial charge in [-0.2, -0.15) is 0 Å². The van der Waals surface area contributed by atoms with Crippen molar-refractivity contribution in [3.8, 4) is 5.75 Å². The van der Waals surface area contributed by atoms with Crippen molar-refractivity contribution in [1.82, 2.24) is 9.38 Å². The molecule has 0 saturated heterocycles. The second-order valence-electron chi connectivity index (χ2n) is 3.20. The summed E-state index contributed by atoms with van der Waals surface area (Å²) in [7, 11) is 1.67. The summed E-state index contributed by atoms with van der Waals surface area (Å²) in [5.74, 6) is 0.827. The van der Waals surface area contributed by atoms with Gasteiger partial charge in [-0.3, -0.25) is 0 Å². The third-order valence-electron chi connectivity index (χ3n) is 1.99. The Hall–Kier alpha value is -1.51. The predicted octanol–water partition coefficient (Wildman–Crippen LogP) is 2.99. The van der Waals surface area contributed by atoms with Crippen LogP contribution >= 0.6 is 0 Å². The third kappa shape index (κ3) is 2.29. The molecule has 0 saturated carbocycles. The summed E-state index contributed by atoms with van der Waals surface area (Å²) in [6, 6.07) is 1.99. The summed E-state index contributed by atoms with van der Waals surface area (Å²) >= 11 is 0. The van der Waals surface area contributed by atoms with Crippen LogP contribution in [0.1, 0.15) is 25.1 Å². The summed E-state index contributed by atoms with van der Waals surface area (Å²) in [6.07, 6.45) is 4.03. The average molecular weight is 206 g/mol. The maximum absolute atomic E-state index is 5.24. The second-order valence-corrected chi connectivity index (χ2v) is 3.20. The van der Waals surface area contributed by atoms with Gasteiger partial charge in [-0.1, -0.05) is 13.8 Å². The standard InChI is InChI=1S/C10H12N2O.C2H6/c1-7-4-9(13-3)10-11-8(2)6-12(10)5-7;1-2/h4-6H,1-3H3;1-2H3. The topological polar surface area (TPSA) is 26.5 Å². The molecule has 0 aliphatic carbocycles. The summed E-state index contributed by atoms with van der Waals surface area (Å²) in [5, 5.41) is 0. The molecule has 0 radical (unpaired) electrons. The van der Waals surface area contributed by atoms with Gasteiger partial charge in [0.25, 0.3) is 0 Å². The molecule has 2 rings (SSSR count). The lowest BCUT2D eigenvalue weighted by Gasteiger charge is -2.03. The average Bonchev–Trinajstić information content (AvgIpc) is 2.60. The number of aromatic nitrogens is 2. The van der Waals surface area contributed by atoms with E-state index in [4.69, 9.17) is 4.74 Å². The minimum absolute atomic E-state index is 0.827. The van der Waals surface area contributed by atoms with Crippen molar-refractivity contribution in [2.75, 3.05) is 7.11 Å². The van der Waals surface area contributed by atoms with Gasteiger partial charge >= 0.3 is 0 Å². The van der Waals surface area contributed by atoms with E-state index in [9.17, 15) is 0 Å². The molecule has 0 aromatic carbocycles. The summed E-state index contributed by atoms with van der Waals surface area (Å²) in [4.78, 5) is 4.36. The Bertz CT molecular complexity index is 446. The Morgan fingerprint density at radius 2 is 1.87 bits per heavy atom. The molecular formula is C12H18N2O. The second kappa shape index (κ2) is 4.82. The number of rotatable bonds is 1. The third-order valence-corrected chi connectivity index (χ3v) is 1.99. The maximum atomic E-state index is 5.24. The first-order valence-electron chi connectivity index (χ1n) is 5.20. The van der Waals surface area contributed by atoms with E-state index >= 15 is 0 Å². The maximum Gasteiger partial charge on any atom is 0.179 e. The van der Waals surface area contributed by atoms with Gasteiger partial charge in [0.15, 0.2) is 11.4 Å². The molecule has 2 aromatic rings. The van der Waals surface area contributed by atoms with Gasteiger partial charge < -0.3 is 9.14 Å². The molecule has 82 valence electrons. The molecule has 0 bridgehead atoms. The molecule has 3 heteroatoms. The zero-order chi connectivity index (χ0) is 11.4. The van der Waals surface area contributed by atoms with Gasteiger partial charge in [0.05, 0.1) is 12.8 Å². The molecule has 0 unspecified atom stereocenters. The van der Waals surface area contributed by atoms with Crippen molar-refractivity contribution in [1.29, 1.82) is 0 Å². The number of aryl methyl sites for hydroxylation is 2. The quantitative estimate of drug-likeness (QED) is 0.717. The summed E-state index contributed by atoms with van der Waals surface area (Å²) in [5.41, 5.74) is 3.05. The Balaban J connectivity index is 0.000000531. The normalized spacial score (nSPS) is 9.67. The van der Waals surface area contributed by atoms with E-state index in [0.29, 0.717) is 0 Å². The van der Waals surface area contributed by atoms with E-state index < -0.39 is 0 Å². The van der Waals surface area contributed by atoms with Crippen LogP contribution in [0, 0.1) is 13.8 Å². The highest BCUT2D eigenvalue weighted by atomic mass is 16.5. The first kappa shape index (κ1) is 11.6. The number of hydrogen-bond donors (Lipinski definition) is 0. The van der Waals surface area contributed by atoms with Gasteiger partial charge in [0.2, 0.25) is 0 Å². The highest BCUT2D eigenvalue weighted by Gasteiger charge is 2.04. The van der Waals surface area contributed by atoms with Crippen LogP contribution in [0.4, 0.5) is 0 Å². The molecule has 2 heterocycles. The van der Waals surface area contributed by atoms with Crippen molar-refractivity contribution in [3.05, 3.63) is 29.7 Å². The van der Waals surface area contributed by atoms with Crippen LogP contribution in [-0.4, -0.2) is 16.5 Å². The molecule has 0 atom stereocenters. The fourth-order valence-corrected chi connectivity index (χ4v) is 1.48. The summed E-state index contributed by atoms with van der Waals surface area (Å²) < 4.78 is 7.23. The lowest BCUT2D eigenvalue weighted by atomic mass is 10.3. The highest BCUT2D eigenvalue weighted by molar-refractivity contribution is 5.55. The van der Waals surface area contributed by atoms with E-state index in [2.05, 4.69) is 4.98 Å². The molecule has 0 aliphatic heterocycles. The van der Waals surface area contributed by atoms with E-state index in [0.717, 1.165) is 17.1 Å². The van der Waals surface area contributed by atoms with Crippen LogP contribution in [0.25, 0.3) is 5.65 Å². The van der Waals surface area contributed by atoms with E-state index in [1.165, 1.54) is 5.56 Å². The Morgan fingerprint density at radius 3 is 2.47 bits per heavy atom. The Labute approximate surface area is 90.7 Å². The number of pyridine rings is 1. The van der Waals surface area contributed by atoms with Crippen LogP contribution < -0.4 is 4.74 Å².